The van der Waals surface area contributed by atoms with Crippen molar-refractivity contribution in [1.29, 1.82) is 0 Å². The lowest BCUT2D eigenvalue weighted by Gasteiger charge is -2.11. The molecule has 0 spiro atoms. The zero-order chi connectivity index (χ0) is 14.0. The molecule has 1 saturated heterocycles. The van der Waals surface area contributed by atoms with E-state index in [0.717, 1.165) is 11.0 Å². The maximum absolute atomic E-state index is 10.4. The molecule has 0 unspecified atom stereocenters. The maximum Gasteiger partial charge on any atom is 0.491 e. The van der Waals surface area contributed by atoms with Gasteiger partial charge < -0.3 is 25.1 Å². The molecule has 0 saturated carbocycles. The van der Waals surface area contributed by atoms with E-state index in [1.54, 1.807) is 0 Å². The Hall–Kier alpha value is -2.27. The third-order valence-corrected chi connectivity index (χ3v) is 2.58. The summed E-state index contributed by atoms with van der Waals surface area (Å²) in [6.07, 6.45) is -3.69. The fourth-order valence-corrected chi connectivity index (χ4v) is 1.69. The van der Waals surface area contributed by atoms with Crippen LogP contribution < -0.4 is 0 Å². The minimum Gasteiger partial charge on any atom is -0.390 e. The number of hydrogen-bond acceptors (Lipinski definition) is 8. The average Bonchev–Trinajstić information content (AvgIpc) is 2.95. The Morgan fingerprint density at radius 2 is 2.37 bits per heavy atom. The van der Waals surface area contributed by atoms with E-state index in [0.29, 0.717) is 0 Å². The van der Waals surface area contributed by atoms with Crippen molar-refractivity contribution in [2.75, 3.05) is 6.54 Å². The van der Waals surface area contributed by atoms with E-state index in [1.807, 2.05) is 0 Å². The van der Waals surface area contributed by atoms with Crippen molar-refractivity contribution >= 4 is 5.95 Å². The van der Waals surface area contributed by atoms with Crippen LogP contribution in [0.3, 0.4) is 0 Å². The number of aliphatic hydroxyl groups is 2. The van der Waals surface area contributed by atoms with Crippen LogP contribution in [0.2, 0.25) is 0 Å². The summed E-state index contributed by atoms with van der Waals surface area (Å²) in [6.45, 7) is -0.179. The lowest BCUT2D eigenvalue weighted by atomic mass is 10.1. The molecule has 4 atom stereocenters. The molecule has 12 nitrogen and oxygen atoms in total. The molecule has 102 valence electrons. The van der Waals surface area contributed by atoms with E-state index in [2.05, 4.69) is 20.1 Å². The summed E-state index contributed by atoms with van der Waals surface area (Å²) in [7, 11) is 0. The molecule has 19 heavy (non-hydrogen) atoms. The van der Waals surface area contributed by atoms with Crippen LogP contribution in [0.25, 0.3) is 10.4 Å². The van der Waals surface area contributed by atoms with Crippen LogP contribution in [0.5, 0.6) is 0 Å². The number of azide groups is 1. The first kappa shape index (κ1) is 13.2. The molecule has 0 aliphatic carbocycles. The first-order chi connectivity index (χ1) is 9.04. The van der Waals surface area contributed by atoms with Crippen LogP contribution in [-0.4, -0.2) is 54.8 Å². The second-order valence-corrected chi connectivity index (χ2v) is 3.74. The number of aliphatic hydroxyl groups excluding tert-OH is 2. The Morgan fingerprint density at radius 3 is 2.95 bits per heavy atom. The number of ether oxygens (including phenoxy) is 1. The van der Waals surface area contributed by atoms with Gasteiger partial charge in [0.15, 0.2) is 6.23 Å². The van der Waals surface area contributed by atoms with E-state index < -0.39 is 35.4 Å². The number of hydrogen-bond donors (Lipinski definition) is 2. The first-order valence-electron chi connectivity index (χ1n) is 5.12. The monoisotopic (exact) mass is 271 g/mol. The lowest BCUT2D eigenvalue weighted by Crippen LogP contribution is -2.32. The van der Waals surface area contributed by atoms with Gasteiger partial charge in [0, 0.05) is 10.0 Å². The van der Waals surface area contributed by atoms with Crippen molar-refractivity contribution in [3.05, 3.63) is 26.9 Å². The van der Waals surface area contributed by atoms with Gasteiger partial charge in [-0.3, -0.25) is 0 Å². The standard InChI is InChI=1S/C7H9N7O5/c8-12-10-1-3-4(15)5(16)6(19-3)13-2-9-7(11-13)14(17)18/h2-6,15-16H,1H2/t3-,4-,5-,6-/m1/s1. The number of nitro groups is 1. The fraction of sp³-hybridized carbons (Fsp3) is 0.714. The Kier molecular flexibility index (Phi) is 3.57. The normalized spacial score (nSPS) is 30.0. The van der Waals surface area contributed by atoms with Crippen LogP contribution in [0, 0.1) is 10.1 Å². The minimum absolute atomic E-state index is 0.179. The zero-order valence-electron chi connectivity index (χ0n) is 9.34. The van der Waals surface area contributed by atoms with Gasteiger partial charge in [0.05, 0.1) is 12.6 Å². The number of nitrogens with zero attached hydrogens (tertiary/aromatic N) is 7. The average molecular weight is 271 g/mol. The minimum atomic E-state index is -1.36. The van der Waals surface area contributed by atoms with Crippen molar-refractivity contribution in [2.45, 2.75) is 24.5 Å². The number of aromatic nitrogens is 3. The highest BCUT2D eigenvalue weighted by atomic mass is 16.6. The van der Waals surface area contributed by atoms with Crippen LogP contribution in [0.1, 0.15) is 6.23 Å². The van der Waals surface area contributed by atoms with E-state index in [1.165, 1.54) is 0 Å². The molecule has 0 amide bonds. The highest BCUT2D eigenvalue weighted by Gasteiger charge is 2.45. The molecular weight excluding hydrogens is 262 g/mol. The fourth-order valence-electron chi connectivity index (χ4n) is 1.69. The van der Waals surface area contributed by atoms with E-state index in [-0.39, 0.29) is 6.54 Å². The molecule has 1 aliphatic heterocycles. The second kappa shape index (κ2) is 5.16. The predicted molar refractivity (Wildman–Crippen MR) is 56.6 cm³/mol. The molecule has 2 rings (SSSR count). The quantitative estimate of drug-likeness (QED) is 0.235. The summed E-state index contributed by atoms with van der Waals surface area (Å²) in [5, 5.41) is 36.6. The summed E-state index contributed by atoms with van der Waals surface area (Å²) in [4.78, 5) is 15.6. The summed E-state index contributed by atoms with van der Waals surface area (Å²) in [6, 6.07) is 0. The molecule has 2 N–H and O–H groups in total. The Balaban J connectivity index is 2.16. The van der Waals surface area contributed by atoms with Gasteiger partial charge in [0.25, 0.3) is 0 Å². The molecule has 12 heteroatoms. The smallest absolute Gasteiger partial charge is 0.390 e. The molecule has 1 aliphatic rings. The Bertz CT molecular complexity index is 526. The second-order valence-electron chi connectivity index (χ2n) is 3.74. The molecule has 0 bridgehead atoms. The van der Waals surface area contributed by atoms with Crippen LogP contribution >= 0.6 is 0 Å². The Morgan fingerprint density at radius 1 is 1.63 bits per heavy atom. The van der Waals surface area contributed by atoms with Gasteiger partial charge in [-0.1, -0.05) is 10.1 Å². The summed E-state index contributed by atoms with van der Waals surface area (Å²) < 4.78 is 6.17. The van der Waals surface area contributed by atoms with Crippen molar-refractivity contribution < 1.29 is 19.9 Å². The van der Waals surface area contributed by atoms with Gasteiger partial charge in [0.1, 0.15) is 12.2 Å². The van der Waals surface area contributed by atoms with Gasteiger partial charge in [0.2, 0.25) is 6.33 Å². The van der Waals surface area contributed by atoms with Gasteiger partial charge in [-0.05, 0) is 10.5 Å². The van der Waals surface area contributed by atoms with E-state index >= 15 is 0 Å². The molecular formula is C7H9N7O5. The van der Waals surface area contributed by atoms with Crippen molar-refractivity contribution in [2.24, 2.45) is 5.11 Å². The summed E-state index contributed by atoms with van der Waals surface area (Å²) in [5.74, 6) is -0.649. The molecule has 1 aromatic heterocycles. The third-order valence-electron chi connectivity index (χ3n) is 2.58. The first-order valence-corrected chi connectivity index (χ1v) is 5.12. The van der Waals surface area contributed by atoms with Crippen LogP contribution in [-0.2, 0) is 4.74 Å². The van der Waals surface area contributed by atoms with Crippen LogP contribution in [0.15, 0.2) is 11.4 Å². The highest BCUT2D eigenvalue weighted by molar-refractivity contribution is 4.99. The predicted octanol–water partition coefficient (Wildman–Crippen LogP) is -0.884. The molecule has 0 aromatic carbocycles. The van der Waals surface area contributed by atoms with Crippen molar-refractivity contribution in [1.82, 2.24) is 14.8 Å². The SMILES string of the molecule is [N-]=[N+]=NC[C@H]1O[C@@H](n2cnc([N+](=O)[O-])n2)[C@H](O)[C@@H]1O. The maximum atomic E-state index is 10.4. The molecule has 0 radical (unpaired) electrons. The van der Waals surface area contributed by atoms with Gasteiger partial charge in [-0.25, -0.2) is 0 Å². The van der Waals surface area contributed by atoms with Crippen molar-refractivity contribution in [3.63, 3.8) is 0 Å². The topological polar surface area (TPSA) is 172 Å². The van der Waals surface area contributed by atoms with Crippen LogP contribution in [0.4, 0.5) is 5.95 Å². The van der Waals surface area contributed by atoms with Crippen molar-refractivity contribution in [3.8, 4) is 0 Å². The third kappa shape index (κ3) is 2.46. The summed E-state index contributed by atoms with van der Waals surface area (Å²) in [5.41, 5.74) is 8.18. The highest BCUT2D eigenvalue weighted by Crippen LogP contribution is 2.29. The molecule has 2 heterocycles. The largest absolute Gasteiger partial charge is 0.491 e. The molecule has 1 aromatic rings. The number of rotatable bonds is 4. The van der Waals surface area contributed by atoms with E-state index in [9.17, 15) is 20.3 Å². The van der Waals surface area contributed by atoms with E-state index in [4.69, 9.17) is 10.3 Å². The zero-order valence-corrected chi connectivity index (χ0v) is 9.34. The Labute approximate surface area is 105 Å². The van der Waals surface area contributed by atoms with Gasteiger partial charge >= 0.3 is 5.95 Å². The molecule has 1 fully saturated rings. The lowest BCUT2D eigenvalue weighted by molar-refractivity contribution is -0.394. The van der Waals surface area contributed by atoms with Gasteiger partial charge in [-0.15, -0.1) is 4.68 Å². The summed E-state index contributed by atoms with van der Waals surface area (Å²) >= 11 is 0. The van der Waals surface area contributed by atoms with Gasteiger partial charge in [-0.2, -0.15) is 0 Å².